The van der Waals surface area contributed by atoms with Gasteiger partial charge in [-0.2, -0.15) is 0 Å². The molecule has 0 aromatic rings. The number of carboxylic acids is 1. The Morgan fingerprint density at radius 1 is 1.21 bits per heavy atom. The fraction of sp³-hybridized carbons (Fsp3) is 0.733. The van der Waals surface area contributed by atoms with Gasteiger partial charge >= 0.3 is 18.0 Å². The first-order chi connectivity index (χ1) is 11.2. The maximum absolute atomic E-state index is 12.0. The van der Waals surface area contributed by atoms with Gasteiger partial charge in [0.2, 0.25) is 5.96 Å². The Balaban J connectivity index is 5.34. The molecule has 0 aliphatic heterocycles. The van der Waals surface area contributed by atoms with Crippen LogP contribution in [-0.4, -0.2) is 58.8 Å². The molecule has 1 unspecified atom stereocenters. The van der Waals surface area contributed by atoms with Gasteiger partial charge in [-0.25, -0.2) is 14.4 Å². The van der Waals surface area contributed by atoms with Gasteiger partial charge < -0.3 is 19.6 Å². The average Bonchev–Trinajstić information content (AvgIpc) is 2.51. The molecule has 0 saturated heterocycles. The summed E-state index contributed by atoms with van der Waals surface area (Å²) in [6.07, 6.45) is 0.664. The molecule has 0 aromatic carbocycles. The molecule has 0 spiro atoms. The van der Waals surface area contributed by atoms with Crippen LogP contribution in [0.2, 0.25) is 0 Å². The van der Waals surface area contributed by atoms with Crippen molar-refractivity contribution in [3.63, 3.8) is 0 Å². The number of carbonyl (C=O) groups is 3. The van der Waals surface area contributed by atoms with Crippen molar-refractivity contribution in [2.45, 2.75) is 53.0 Å². The maximum atomic E-state index is 12.0. The number of amides is 1. The second-order valence-corrected chi connectivity index (χ2v) is 5.49. The molecule has 0 rings (SSSR count). The summed E-state index contributed by atoms with van der Waals surface area (Å²) in [6, 6.07) is -1.02. The van der Waals surface area contributed by atoms with Crippen LogP contribution in [0.3, 0.4) is 0 Å². The molecule has 138 valence electrons. The molecule has 0 saturated carbocycles. The minimum absolute atomic E-state index is 0.0176. The van der Waals surface area contributed by atoms with Crippen LogP contribution in [-0.2, 0) is 19.2 Å². The largest absolute Gasteiger partial charge is 0.480 e. The molecule has 0 bridgehead atoms. The summed E-state index contributed by atoms with van der Waals surface area (Å²) >= 11 is 0. The van der Waals surface area contributed by atoms with Crippen LogP contribution in [0.1, 0.15) is 47.0 Å². The molecule has 1 amide bonds. The molecule has 2 N–H and O–H groups in total. The molecule has 0 aliphatic carbocycles. The minimum Gasteiger partial charge on any atom is -0.480 e. The zero-order valence-corrected chi connectivity index (χ0v) is 14.9. The summed E-state index contributed by atoms with van der Waals surface area (Å²) in [5.41, 5.74) is 0. The fourth-order valence-electron chi connectivity index (χ4n) is 1.72. The van der Waals surface area contributed by atoms with Crippen molar-refractivity contribution in [2.24, 2.45) is 5.92 Å². The molecule has 0 heterocycles. The van der Waals surface area contributed by atoms with Gasteiger partial charge in [-0.1, -0.05) is 38.7 Å². The third kappa shape index (κ3) is 6.43. The second kappa shape index (κ2) is 10.5. The Kier molecular flexibility index (Phi) is 9.44. The Morgan fingerprint density at radius 2 is 1.79 bits per heavy atom. The molecular weight excluding hydrogens is 318 g/mol. The topological polar surface area (TPSA) is 120 Å². The first-order valence-electron chi connectivity index (χ1n) is 7.90. The van der Waals surface area contributed by atoms with E-state index in [0.717, 1.165) is 11.3 Å². The molecule has 0 aliphatic rings. The van der Waals surface area contributed by atoms with Gasteiger partial charge in [-0.05, 0) is 13.3 Å². The van der Waals surface area contributed by atoms with E-state index in [-0.39, 0.29) is 6.61 Å². The maximum Gasteiger partial charge on any atom is 0.451 e. The van der Waals surface area contributed by atoms with E-state index in [9.17, 15) is 19.5 Å². The third-order valence-corrected chi connectivity index (χ3v) is 3.20. The van der Waals surface area contributed by atoms with Crippen molar-refractivity contribution in [1.82, 2.24) is 9.96 Å². The quantitative estimate of drug-likeness (QED) is 0.411. The van der Waals surface area contributed by atoms with Crippen LogP contribution in [0, 0.1) is 11.3 Å². The monoisotopic (exact) mass is 345 g/mol. The zero-order valence-electron chi connectivity index (χ0n) is 14.9. The summed E-state index contributed by atoms with van der Waals surface area (Å²) in [7, 11) is 1.35. The van der Waals surface area contributed by atoms with E-state index in [1.54, 1.807) is 20.8 Å². The Labute approximate surface area is 142 Å². The first-order valence-corrected chi connectivity index (χ1v) is 7.90. The molecule has 0 fully saturated rings. The highest BCUT2D eigenvalue weighted by Crippen LogP contribution is 2.12. The summed E-state index contributed by atoms with van der Waals surface area (Å²) in [5, 5.41) is 17.8. The van der Waals surface area contributed by atoms with Gasteiger partial charge in [0, 0.05) is 7.05 Å². The number of hydrogen-bond acceptors (Lipinski definition) is 6. The van der Waals surface area contributed by atoms with Crippen molar-refractivity contribution in [2.75, 3.05) is 13.7 Å². The minimum atomic E-state index is -1.13. The SMILES string of the molecule is CCCCC(C(=O)O)N(C)C(=N)N(OC(=O)C(C)C)C(=O)OCC. The number of nitrogens with zero attached hydrogens (tertiary/aromatic N) is 2. The van der Waals surface area contributed by atoms with E-state index in [4.69, 9.17) is 15.0 Å². The lowest BCUT2D eigenvalue weighted by molar-refractivity contribution is -0.173. The summed E-state index contributed by atoms with van der Waals surface area (Å²) in [4.78, 5) is 41.1. The number of carbonyl (C=O) groups excluding carboxylic acids is 2. The van der Waals surface area contributed by atoms with E-state index in [1.807, 2.05) is 6.92 Å². The van der Waals surface area contributed by atoms with Gasteiger partial charge in [-0.15, -0.1) is 0 Å². The van der Waals surface area contributed by atoms with Crippen LogP contribution in [0.5, 0.6) is 0 Å². The normalized spacial score (nSPS) is 11.6. The van der Waals surface area contributed by atoms with Gasteiger partial charge in [0.25, 0.3) is 0 Å². The highest BCUT2D eigenvalue weighted by molar-refractivity contribution is 5.94. The summed E-state index contributed by atoms with van der Waals surface area (Å²) in [5.74, 6) is -2.97. The molecule has 1 atom stereocenters. The van der Waals surface area contributed by atoms with E-state index >= 15 is 0 Å². The average molecular weight is 345 g/mol. The van der Waals surface area contributed by atoms with Crippen LogP contribution in [0.15, 0.2) is 0 Å². The number of hydroxylamine groups is 2. The standard InChI is InChI=1S/C15H27N3O6/c1-6-8-9-11(12(19)20)17(5)14(16)18(15(22)23-7-2)24-13(21)10(3)4/h10-11,16H,6-9H2,1-5H3,(H,19,20). The predicted molar refractivity (Wildman–Crippen MR) is 86.2 cm³/mol. The van der Waals surface area contributed by atoms with Crippen molar-refractivity contribution < 1.29 is 29.1 Å². The summed E-state index contributed by atoms with van der Waals surface area (Å²) in [6.45, 7) is 6.64. The lowest BCUT2D eigenvalue weighted by Crippen LogP contribution is -2.52. The smallest absolute Gasteiger partial charge is 0.451 e. The number of guanidine groups is 1. The number of nitrogens with one attached hydrogen (secondary N) is 1. The van der Waals surface area contributed by atoms with Gasteiger partial charge in [0.05, 0.1) is 12.5 Å². The van der Waals surface area contributed by atoms with E-state index in [1.165, 1.54) is 7.05 Å². The number of unbranched alkanes of at least 4 members (excludes halogenated alkanes) is 1. The Bertz CT molecular complexity index is 466. The lowest BCUT2D eigenvalue weighted by atomic mass is 10.1. The van der Waals surface area contributed by atoms with Crippen molar-refractivity contribution in [3.05, 3.63) is 0 Å². The number of aliphatic carboxylic acids is 1. The van der Waals surface area contributed by atoms with Crippen LogP contribution < -0.4 is 0 Å². The van der Waals surface area contributed by atoms with Crippen molar-refractivity contribution >= 4 is 24.0 Å². The van der Waals surface area contributed by atoms with Crippen molar-refractivity contribution in [3.8, 4) is 0 Å². The number of ether oxygens (including phenoxy) is 1. The molecule has 9 heteroatoms. The van der Waals surface area contributed by atoms with Gasteiger partial charge in [0.1, 0.15) is 6.04 Å². The molecular formula is C15H27N3O6. The van der Waals surface area contributed by atoms with Crippen LogP contribution in [0.4, 0.5) is 4.79 Å². The van der Waals surface area contributed by atoms with Crippen molar-refractivity contribution in [1.29, 1.82) is 5.41 Å². The highest BCUT2D eigenvalue weighted by Gasteiger charge is 2.33. The molecule has 0 aromatic heterocycles. The zero-order chi connectivity index (χ0) is 18.9. The van der Waals surface area contributed by atoms with Crippen LogP contribution >= 0.6 is 0 Å². The Hall–Kier alpha value is -2.32. The van der Waals surface area contributed by atoms with E-state index in [0.29, 0.717) is 17.9 Å². The van der Waals surface area contributed by atoms with Crippen LogP contribution in [0.25, 0.3) is 0 Å². The first kappa shape index (κ1) is 21.7. The number of likely N-dealkylation sites (N-methyl/N-ethyl adjacent to an activating group) is 1. The van der Waals surface area contributed by atoms with Gasteiger partial charge in [0.15, 0.2) is 0 Å². The Morgan fingerprint density at radius 3 is 2.21 bits per heavy atom. The third-order valence-electron chi connectivity index (χ3n) is 3.20. The second-order valence-electron chi connectivity index (χ2n) is 5.49. The highest BCUT2D eigenvalue weighted by atomic mass is 16.8. The number of hydrogen-bond donors (Lipinski definition) is 2. The molecule has 0 radical (unpaired) electrons. The fourth-order valence-corrected chi connectivity index (χ4v) is 1.72. The lowest BCUT2D eigenvalue weighted by Gasteiger charge is -2.31. The molecule has 9 nitrogen and oxygen atoms in total. The predicted octanol–water partition coefficient (Wildman–Crippen LogP) is 2.07. The van der Waals surface area contributed by atoms with E-state index in [2.05, 4.69) is 0 Å². The molecule has 24 heavy (non-hydrogen) atoms. The number of rotatable bonds is 7. The number of carboxylic acid groups (broad SMARTS) is 1. The van der Waals surface area contributed by atoms with E-state index < -0.39 is 36.0 Å². The van der Waals surface area contributed by atoms with Gasteiger partial charge in [-0.3, -0.25) is 5.41 Å². The summed E-state index contributed by atoms with van der Waals surface area (Å²) < 4.78 is 4.77.